The summed E-state index contributed by atoms with van der Waals surface area (Å²) >= 11 is 0. The minimum atomic E-state index is -0.231. The largest absolute Gasteiger partial charge is 0.384 e. The number of carbonyl (C=O) groups excluding carboxylic acids is 1. The molecule has 0 saturated heterocycles. The normalized spacial score (nSPS) is 10.6. The van der Waals surface area contributed by atoms with E-state index < -0.39 is 0 Å². The van der Waals surface area contributed by atoms with Crippen LogP contribution in [0.15, 0.2) is 30.3 Å². The van der Waals surface area contributed by atoms with E-state index in [1.165, 1.54) is 0 Å². The summed E-state index contributed by atoms with van der Waals surface area (Å²) in [5.41, 5.74) is 8.21. The molecule has 3 N–H and O–H groups in total. The number of benzene rings is 1. The number of nitrogens with zero attached hydrogens (tertiary/aromatic N) is 1. The lowest BCUT2D eigenvalue weighted by atomic mass is 10.1. The zero-order valence-corrected chi connectivity index (χ0v) is 11.1. The van der Waals surface area contributed by atoms with E-state index >= 15 is 0 Å². The number of anilines is 1. The van der Waals surface area contributed by atoms with E-state index in [0.29, 0.717) is 6.42 Å². The summed E-state index contributed by atoms with van der Waals surface area (Å²) in [5, 5.41) is 4.54. The van der Waals surface area contributed by atoms with Gasteiger partial charge in [0.25, 0.3) is 0 Å². The molecule has 0 unspecified atom stereocenters. The van der Waals surface area contributed by atoms with Crippen molar-refractivity contribution in [3.05, 3.63) is 36.0 Å². The fourth-order valence-electron chi connectivity index (χ4n) is 2.10. The molecule has 0 saturated carbocycles. The van der Waals surface area contributed by atoms with E-state index in [0.717, 1.165) is 41.7 Å². The first-order chi connectivity index (χ1) is 9.16. The van der Waals surface area contributed by atoms with Crippen LogP contribution in [0.25, 0.3) is 10.9 Å². The van der Waals surface area contributed by atoms with Crippen LogP contribution in [-0.4, -0.2) is 17.4 Å². The topological polar surface area (TPSA) is 68.0 Å². The number of pyridine rings is 1. The maximum absolute atomic E-state index is 10.6. The number of aromatic nitrogens is 1. The molecule has 19 heavy (non-hydrogen) atoms. The number of nitrogens with two attached hydrogens (primary N) is 1. The first-order valence-corrected chi connectivity index (χ1v) is 6.55. The van der Waals surface area contributed by atoms with Crippen molar-refractivity contribution in [1.82, 2.24) is 4.98 Å². The zero-order valence-electron chi connectivity index (χ0n) is 11.1. The van der Waals surface area contributed by atoms with Gasteiger partial charge < -0.3 is 11.1 Å². The third kappa shape index (κ3) is 3.68. The van der Waals surface area contributed by atoms with Gasteiger partial charge in [-0.15, -0.1) is 0 Å². The Hall–Kier alpha value is -2.10. The van der Waals surface area contributed by atoms with Gasteiger partial charge >= 0.3 is 0 Å². The van der Waals surface area contributed by atoms with Gasteiger partial charge in [-0.25, -0.2) is 0 Å². The molecular weight excluding hydrogens is 238 g/mol. The first kappa shape index (κ1) is 13.3. The summed E-state index contributed by atoms with van der Waals surface area (Å²) in [5.74, 6) is -0.231. The quantitative estimate of drug-likeness (QED) is 0.782. The van der Waals surface area contributed by atoms with Crippen molar-refractivity contribution >= 4 is 22.5 Å². The molecule has 2 rings (SSSR count). The van der Waals surface area contributed by atoms with Crippen LogP contribution >= 0.6 is 0 Å². The standard InChI is InChI=1S/C15H19N3O/c1-11-10-14(17-9-5-4-8-15(16)19)12-6-2-3-7-13(12)18-11/h2-3,6-7,10H,4-5,8-9H2,1H3,(H2,16,19)(H,17,18). The highest BCUT2D eigenvalue weighted by Crippen LogP contribution is 2.22. The van der Waals surface area contributed by atoms with Crippen LogP contribution in [0.2, 0.25) is 0 Å². The van der Waals surface area contributed by atoms with E-state index in [-0.39, 0.29) is 5.91 Å². The lowest BCUT2D eigenvalue weighted by Crippen LogP contribution is -2.11. The lowest BCUT2D eigenvalue weighted by molar-refractivity contribution is -0.118. The molecule has 0 atom stereocenters. The lowest BCUT2D eigenvalue weighted by Gasteiger charge is -2.10. The number of hydrogen-bond donors (Lipinski definition) is 2. The van der Waals surface area contributed by atoms with Crippen LogP contribution in [0, 0.1) is 6.92 Å². The Bertz CT molecular complexity index is 581. The summed E-state index contributed by atoms with van der Waals surface area (Å²) in [6.45, 7) is 2.82. The van der Waals surface area contributed by atoms with Crippen LogP contribution in [0.4, 0.5) is 5.69 Å². The van der Waals surface area contributed by atoms with E-state index in [1.807, 2.05) is 25.1 Å². The van der Waals surface area contributed by atoms with Gasteiger partial charge in [0.2, 0.25) is 5.91 Å². The number of para-hydroxylation sites is 1. The van der Waals surface area contributed by atoms with Gasteiger partial charge in [-0.2, -0.15) is 0 Å². The molecule has 0 aliphatic heterocycles. The molecule has 0 aliphatic rings. The van der Waals surface area contributed by atoms with E-state index in [2.05, 4.69) is 22.4 Å². The number of carbonyl (C=O) groups is 1. The second-order valence-corrected chi connectivity index (χ2v) is 4.68. The van der Waals surface area contributed by atoms with E-state index in [1.54, 1.807) is 0 Å². The average molecular weight is 257 g/mol. The van der Waals surface area contributed by atoms with Gasteiger partial charge in [0.1, 0.15) is 0 Å². The van der Waals surface area contributed by atoms with Crippen LogP contribution < -0.4 is 11.1 Å². The third-order valence-electron chi connectivity index (χ3n) is 3.01. The number of unbranched alkanes of at least 4 members (excludes halogenated alkanes) is 1. The molecule has 1 aromatic heterocycles. The summed E-state index contributed by atoms with van der Waals surface area (Å²) < 4.78 is 0. The average Bonchev–Trinajstić information content (AvgIpc) is 2.37. The molecule has 0 spiro atoms. The molecule has 1 aromatic carbocycles. The number of rotatable bonds is 6. The van der Waals surface area contributed by atoms with E-state index in [4.69, 9.17) is 5.73 Å². The van der Waals surface area contributed by atoms with Crippen LogP contribution in [0.5, 0.6) is 0 Å². The van der Waals surface area contributed by atoms with E-state index in [9.17, 15) is 4.79 Å². The molecule has 4 heteroatoms. The second kappa shape index (κ2) is 6.18. The Morgan fingerprint density at radius 3 is 2.89 bits per heavy atom. The molecule has 0 radical (unpaired) electrons. The Kier molecular flexibility index (Phi) is 4.34. The van der Waals surface area contributed by atoms with Crippen molar-refractivity contribution < 1.29 is 4.79 Å². The monoisotopic (exact) mass is 257 g/mol. The molecule has 1 amide bonds. The van der Waals surface area contributed by atoms with Crippen LogP contribution in [0.3, 0.4) is 0 Å². The Balaban J connectivity index is 2.02. The number of hydrogen-bond acceptors (Lipinski definition) is 3. The molecule has 4 nitrogen and oxygen atoms in total. The van der Waals surface area contributed by atoms with Crippen molar-refractivity contribution in [1.29, 1.82) is 0 Å². The fourth-order valence-corrected chi connectivity index (χ4v) is 2.10. The van der Waals surface area contributed by atoms with Crippen molar-refractivity contribution in [3.8, 4) is 0 Å². The molecule has 1 heterocycles. The molecular formula is C15H19N3O. The molecule has 0 aliphatic carbocycles. The van der Waals surface area contributed by atoms with Gasteiger partial charge in [0.05, 0.1) is 5.52 Å². The van der Waals surface area contributed by atoms with Gasteiger partial charge in [0.15, 0.2) is 0 Å². The van der Waals surface area contributed by atoms with Crippen molar-refractivity contribution in [2.24, 2.45) is 5.73 Å². The maximum atomic E-state index is 10.6. The molecule has 2 aromatic rings. The Morgan fingerprint density at radius 2 is 2.11 bits per heavy atom. The van der Waals surface area contributed by atoms with Gasteiger partial charge in [-0.1, -0.05) is 18.2 Å². The summed E-state index contributed by atoms with van der Waals surface area (Å²) in [6.07, 6.45) is 2.21. The highest BCUT2D eigenvalue weighted by Gasteiger charge is 2.02. The summed E-state index contributed by atoms with van der Waals surface area (Å²) in [7, 11) is 0. The van der Waals surface area contributed by atoms with Crippen molar-refractivity contribution in [2.75, 3.05) is 11.9 Å². The Labute approximate surface area is 113 Å². The van der Waals surface area contributed by atoms with Crippen LogP contribution in [0.1, 0.15) is 25.0 Å². The highest BCUT2D eigenvalue weighted by atomic mass is 16.1. The molecule has 0 fully saturated rings. The second-order valence-electron chi connectivity index (χ2n) is 4.68. The predicted molar refractivity (Wildman–Crippen MR) is 78.0 cm³/mol. The summed E-state index contributed by atoms with van der Waals surface area (Å²) in [4.78, 5) is 15.1. The number of aryl methyl sites for hydroxylation is 1. The minimum Gasteiger partial charge on any atom is -0.384 e. The van der Waals surface area contributed by atoms with Gasteiger partial charge in [-0.3, -0.25) is 9.78 Å². The van der Waals surface area contributed by atoms with Gasteiger partial charge in [-0.05, 0) is 31.9 Å². The fraction of sp³-hybridized carbons (Fsp3) is 0.333. The molecule has 100 valence electrons. The zero-order chi connectivity index (χ0) is 13.7. The Morgan fingerprint density at radius 1 is 1.32 bits per heavy atom. The number of fused-ring (bicyclic) bond motifs is 1. The smallest absolute Gasteiger partial charge is 0.217 e. The van der Waals surface area contributed by atoms with Crippen LogP contribution in [-0.2, 0) is 4.79 Å². The minimum absolute atomic E-state index is 0.231. The predicted octanol–water partition coefficient (Wildman–Crippen LogP) is 2.61. The number of primary amides is 1. The number of amides is 1. The summed E-state index contributed by atoms with van der Waals surface area (Å²) in [6, 6.07) is 10.1. The van der Waals surface area contributed by atoms with Crippen molar-refractivity contribution in [2.45, 2.75) is 26.2 Å². The first-order valence-electron chi connectivity index (χ1n) is 6.55. The SMILES string of the molecule is Cc1cc(NCCCCC(N)=O)c2ccccc2n1. The third-order valence-corrected chi connectivity index (χ3v) is 3.01. The number of nitrogens with one attached hydrogen (secondary N) is 1. The molecule has 0 bridgehead atoms. The van der Waals surface area contributed by atoms with Gasteiger partial charge in [0, 0.05) is 29.7 Å². The van der Waals surface area contributed by atoms with Crippen molar-refractivity contribution in [3.63, 3.8) is 0 Å². The highest BCUT2D eigenvalue weighted by molar-refractivity contribution is 5.91. The maximum Gasteiger partial charge on any atom is 0.217 e.